The minimum absolute atomic E-state index is 0.0474. The zero-order chi connectivity index (χ0) is 11.8. The van der Waals surface area contributed by atoms with Crippen LogP contribution in [0, 0.1) is 5.82 Å². The molecule has 5 heteroatoms. The topological polar surface area (TPSA) is 69.6 Å². The molecule has 0 spiro atoms. The summed E-state index contributed by atoms with van der Waals surface area (Å²) < 4.78 is 13.0. The van der Waals surface area contributed by atoms with Gasteiger partial charge in [0.15, 0.2) is 0 Å². The van der Waals surface area contributed by atoms with Gasteiger partial charge in [-0.05, 0) is 17.7 Å². The molecule has 1 fully saturated rings. The maximum Gasteiger partial charge on any atom is 0.320 e. The summed E-state index contributed by atoms with van der Waals surface area (Å²) in [6.07, 6.45) is 0.0474. The lowest BCUT2D eigenvalue weighted by Crippen LogP contribution is -2.30. The molecule has 1 aliphatic rings. The van der Waals surface area contributed by atoms with E-state index in [0.29, 0.717) is 5.56 Å². The summed E-state index contributed by atoms with van der Waals surface area (Å²) in [6.45, 7) is 0.118. The Kier molecular flexibility index (Phi) is 2.65. The highest BCUT2D eigenvalue weighted by molar-refractivity contribution is 5.74. The van der Waals surface area contributed by atoms with E-state index in [2.05, 4.69) is 5.32 Å². The van der Waals surface area contributed by atoms with Gasteiger partial charge in [0.1, 0.15) is 17.5 Å². The molecule has 1 heterocycles. The van der Waals surface area contributed by atoms with Crippen molar-refractivity contribution in [3.8, 4) is 0 Å². The zero-order valence-corrected chi connectivity index (χ0v) is 8.48. The first-order valence-electron chi connectivity index (χ1n) is 4.96. The van der Waals surface area contributed by atoms with Crippen LogP contribution in [0.3, 0.4) is 0 Å². The van der Waals surface area contributed by atoms with E-state index >= 15 is 0 Å². The maximum absolute atomic E-state index is 13.0. The van der Waals surface area contributed by atoms with Crippen molar-refractivity contribution in [2.75, 3.05) is 6.54 Å². The van der Waals surface area contributed by atoms with E-state index < -0.39 is 23.4 Å². The lowest BCUT2D eigenvalue weighted by molar-refractivity contribution is -0.139. The minimum Gasteiger partial charge on any atom is -0.480 e. The van der Waals surface area contributed by atoms with Crippen LogP contribution in [-0.4, -0.2) is 28.8 Å². The number of β-amino-alcohol motifs (C(OH)–C–C–N with tert-alkyl or cyclic N) is 1. The smallest absolute Gasteiger partial charge is 0.320 e. The average molecular weight is 225 g/mol. The van der Waals surface area contributed by atoms with E-state index in [0.717, 1.165) is 0 Å². The molecule has 1 aromatic rings. The first-order chi connectivity index (χ1) is 7.51. The van der Waals surface area contributed by atoms with Crippen molar-refractivity contribution < 1.29 is 19.4 Å². The Bertz CT molecular complexity index is 423. The first kappa shape index (κ1) is 11.0. The van der Waals surface area contributed by atoms with Crippen molar-refractivity contribution in [2.45, 2.75) is 18.1 Å². The monoisotopic (exact) mass is 225 g/mol. The van der Waals surface area contributed by atoms with Gasteiger partial charge in [-0.3, -0.25) is 4.79 Å². The largest absolute Gasteiger partial charge is 0.480 e. The minimum atomic E-state index is -1.30. The molecule has 3 N–H and O–H groups in total. The molecule has 4 nitrogen and oxygen atoms in total. The normalized spacial score (nSPS) is 29.2. The number of rotatable bonds is 2. The summed E-state index contributed by atoms with van der Waals surface area (Å²) in [5.74, 6) is -1.45. The number of aliphatic hydroxyl groups is 1. The fourth-order valence-electron chi connectivity index (χ4n) is 1.95. The highest BCUT2D eigenvalue weighted by atomic mass is 19.1. The van der Waals surface area contributed by atoms with Crippen LogP contribution in [0.25, 0.3) is 0 Å². The Labute approximate surface area is 91.7 Å². The second-order valence-electron chi connectivity index (χ2n) is 4.02. The van der Waals surface area contributed by atoms with Gasteiger partial charge in [0.05, 0.1) is 0 Å². The van der Waals surface area contributed by atoms with E-state index in [1.165, 1.54) is 18.2 Å². The van der Waals surface area contributed by atoms with Crippen LogP contribution < -0.4 is 5.32 Å². The van der Waals surface area contributed by atoms with Gasteiger partial charge in [0, 0.05) is 13.0 Å². The Morgan fingerprint density at radius 2 is 2.31 bits per heavy atom. The van der Waals surface area contributed by atoms with Gasteiger partial charge >= 0.3 is 5.97 Å². The van der Waals surface area contributed by atoms with Crippen molar-refractivity contribution in [3.05, 3.63) is 35.6 Å². The first-order valence-corrected chi connectivity index (χ1v) is 4.96. The highest BCUT2D eigenvalue weighted by Crippen LogP contribution is 2.30. The van der Waals surface area contributed by atoms with Gasteiger partial charge in [0.25, 0.3) is 0 Å². The molecule has 0 aliphatic carbocycles. The SMILES string of the molecule is O=C(O)[C@@H]1C[C@@](O)(c2cccc(F)c2)CN1. The predicted octanol–water partition coefficient (Wildman–Crippen LogP) is 0.460. The van der Waals surface area contributed by atoms with Crippen molar-refractivity contribution in [1.29, 1.82) is 0 Å². The number of carboxylic acid groups (broad SMARTS) is 1. The van der Waals surface area contributed by atoms with Gasteiger partial charge in [0.2, 0.25) is 0 Å². The average Bonchev–Trinajstić information content (AvgIpc) is 2.63. The van der Waals surface area contributed by atoms with Gasteiger partial charge in [-0.2, -0.15) is 0 Å². The van der Waals surface area contributed by atoms with Crippen LogP contribution >= 0.6 is 0 Å². The van der Waals surface area contributed by atoms with Crippen molar-refractivity contribution in [2.24, 2.45) is 0 Å². The van der Waals surface area contributed by atoms with Gasteiger partial charge in [-0.25, -0.2) is 4.39 Å². The Morgan fingerprint density at radius 3 is 2.88 bits per heavy atom. The molecule has 0 unspecified atom stereocenters. The van der Waals surface area contributed by atoms with Gasteiger partial charge in [-0.1, -0.05) is 12.1 Å². The molecule has 0 aromatic heterocycles. The Hall–Kier alpha value is -1.46. The standard InChI is InChI=1S/C11H12FNO3/c12-8-3-1-2-7(4-8)11(16)5-9(10(14)15)13-6-11/h1-4,9,13,16H,5-6H2,(H,14,15)/t9-,11-/m0/s1. The molecular weight excluding hydrogens is 213 g/mol. The van der Waals surface area contributed by atoms with Gasteiger partial charge < -0.3 is 15.5 Å². The fraction of sp³-hybridized carbons (Fsp3) is 0.364. The summed E-state index contributed by atoms with van der Waals surface area (Å²) >= 11 is 0. The highest BCUT2D eigenvalue weighted by Gasteiger charge is 2.41. The Morgan fingerprint density at radius 1 is 1.56 bits per heavy atom. The van der Waals surface area contributed by atoms with Crippen LogP contribution in [0.1, 0.15) is 12.0 Å². The number of carbonyl (C=O) groups is 1. The van der Waals surface area contributed by atoms with Crippen LogP contribution in [0.5, 0.6) is 0 Å². The zero-order valence-electron chi connectivity index (χ0n) is 8.48. The fourth-order valence-corrected chi connectivity index (χ4v) is 1.95. The lowest BCUT2D eigenvalue weighted by atomic mass is 9.91. The van der Waals surface area contributed by atoms with Crippen LogP contribution in [0.4, 0.5) is 4.39 Å². The summed E-state index contributed by atoms with van der Waals surface area (Å²) in [5.41, 5.74) is -0.894. The quantitative estimate of drug-likeness (QED) is 0.684. The predicted molar refractivity (Wildman–Crippen MR) is 54.3 cm³/mol. The van der Waals surface area contributed by atoms with Crippen LogP contribution in [0.2, 0.25) is 0 Å². The number of nitrogens with one attached hydrogen (secondary N) is 1. The Balaban J connectivity index is 2.24. The molecule has 1 saturated heterocycles. The number of carboxylic acids is 1. The van der Waals surface area contributed by atoms with E-state index in [9.17, 15) is 14.3 Å². The lowest BCUT2D eigenvalue weighted by Gasteiger charge is -2.21. The molecule has 0 bridgehead atoms. The van der Waals surface area contributed by atoms with Crippen molar-refractivity contribution in [3.63, 3.8) is 0 Å². The molecule has 86 valence electrons. The van der Waals surface area contributed by atoms with Crippen LogP contribution in [0.15, 0.2) is 24.3 Å². The molecule has 1 aromatic carbocycles. The van der Waals surface area contributed by atoms with Gasteiger partial charge in [-0.15, -0.1) is 0 Å². The van der Waals surface area contributed by atoms with E-state index in [1.54, 1.807) is 6.07 Å². The maximum atomic E-state index is 13.0. The van der Waals surface area contributed by atoms with Crippen molar-refractivity contribution in [1.82, 2.24) is 5.32 Å². The summed E-state index contributed by atoms with van der Waals surface area (Å²) in [4.78, 5) is 10.7. The molecule has 16 heavy (non-hydrogen) atoms. The third kappa shape index (κ3) is 1.91. The van der Waals surface area contributed by atoms with E-state index in [1.807, 2.05) is 0 Å². The van der Waals surface area contributed by atoms with E-state index in [-0.39, 0.29) is 13.0 Å². The molecule has 1 aliphatic heterocycles. The summed E-state index contributed by atoms with van der Waals surface area (Å²) in [6, 6.07) is 4.81. The molecular formula is C11H12FNO3. The molecule has 2 rings (SSSR count). The molecule has 0 saturated carbocycles. The van der Waals surface area contributed by atoms with Crippen LogP contribution in [-0.2, 0) is 10.4 Å². The van der Waals surface area contributed by atoms with Crippen molar-refractivity contribution >= 4 is 5.97 Å². The second-order valence-corrected chi connectivity index (χ2v) is 4.02. The van der Waals surface area contributed by atoms with E-state index in [4.69, 9.17) is 5.11 Å². The number of benzene rings is 1. The summed E-state index contributed by atoms with van der Waals surface area (Å²) in [5, 5.41) is 21.7. The number of hydrogen-bond donors (Lipinski definition) is 3. The number of hydrogen-bond acceptors (Lipinski definition) is 3. The molecule has 0 radical (unpaired) electrons. The molecule has 0 amide bonds. The third-order valence-electron chi connectivity index (χ3n) is 2.84. The number of aliphatic carboxylic acids is 1. The number of halogens is 1. The third-order valence-corrected chi connectivity index (χ3v) is 2.84. The molecule has 2 atom stereocenters. The second kappa shape index (κ2) is 3.84. The summed E-state index contributed by atoms with van der Waals surface area (Å²) in [7, 11) is 0.